The molecule has 1 fully saturated rings. The number of imide groups is 1. The molecule has 8 N–H and O–H groups in total. The number of hydrogen-bond donors (Lipinski definition) is 7. The second-order valence-electron chi connectivity index (χ2n) is 16.4. The Labute approximate surface area is 335 Å². The first-order valence-corrected chi connectivity index (χ1v) is 19.5. The smallest absolute Gasteiger partial charge is 0.417 e. The Balaban J connectivity index is 2.42. The second kappa shape index (κ2) is 21.8. The average molecular weight is 805 g/mol. The van der Waals surface area contributed by atoms with Crippen LogP contribution in [0.3, 0.4) is 0 Å². The number of nitrogens with two attached hydrogens (primary N) is 1. The molecule has 1 aromatic carbocycles. The lowest BCUT2D eigenvalue weighted by Gasteiger charge is -2.35. The van der Waals surface area contributed by atoms with Crippen LogP contribution in [0.2, 0.25) is 0 Å². The molecule has 1 saturated carbocycles. The van der Waals surface area contributed by atoms with Gasteiger partial charge in [0, 0.05) is 5.92 Å². The third kappa shape index (κ3) is 14.1. The van der Waals surface area contributed by atoms with Gasteiger partial charge in [-0.15, -0.1) is 0 Å². The van der Waals surface area contributed by atoms with Gasteiger partial charge in [0.1, 0.15) is 35.8 Å². The van der Waals surface area contributed by atoms with Gasteiger partial charge in [0.05, 0.1) is 25.9 Å². The number of benzene rings is 1. The first-order valence-electron chi connectivity index (χ1n) is 19.5. The molecule has 0 radical (unpaired) electrons. The third-order valence-corrected chi connectivity index (χ3v) is 9.91. The molecule has 0 aromatic heterocycles. The Kier molecular flexibility index (Phi) is 18.6. The van der Waals surface area contributed by atoms with Crippen LogP contribution in [0.25, 0.3) is 0 Å². The zero-order chi connectivity index (χ0) is 43.4. The van der Waals surface area contributed by atoms with Crippen molar-refractivity contribution in [2.24, 2.45) is 29.4 Å². The number of methoxy groups -OCH3 is 1. The maximum Gasteiger partial charge on any atom is 0.417 e. The summed E-state index contributed by atoms with van der Waals surface area (Å²) in [7, 11) is 1.22. The summed E-state index contributed by atoms with van der Waals surface area (Å²) in [6.45, 7) is 13.6. The number of nitrogens with one attached hydrogen (secondary N) is 4. The zero-order valence-electron chi connectivity index (χ0n) is 34.9. The van der Waals surface area contributed by atoms with Gasteiger partial charge in [-0.2, -0.15) is 0 Å². The van der Waals surface area contributed by atoms with Crippen molar-refractivity contribution in [3.05, 3.63) is 35.9 Å². The van der Waals surface area contributed by atoms with Crippen molar-refractivity contribution in [3.63, 3.8) is 0 Å². The number of amides is 6. The number of rotatable bonds is 18. The minimum absolute atomic E-state index is 0.109. The molecule has 0 heterocycles. The number of aliphatic hydroxyl groups excluding tert-OH is 2. The van der Waals surface area contributed by atoms with Crippen molar-refractivity contribution in [1.82, 2.24) is 26.2 Å². The molecule has 320 valence electrons. The van der Waals surface area contributed by atoms with Crippen LogP contribution in [0.4, 0.5) is 4.79 Å². The number of hydrogen-bond acceptors (Lipinski definition) is 12. The van der Waals surface area contributed by atoms with E-state index in [1.165, 1.54) is 21.0 Å². The van der Waals surface area contributed by atoms with Crippen molar-refractivity contribution in [2.45, 2.75) is 136 Å². The van der Waals surface area contributed by atoms with Crippen LogP contribution in [0, 0.1) is 23.7 Å². The molecule has 9 atom stereocenters. The summed E-state index contributed by atoms with van der Waals surface area (Å²) in [6.07, 6.45) is -0.975. The third-order valence-electron chi connectivity index (χ3n) is 9.91. The fourth-order valence-electron chi connectivity index (χ4n) is 6.65. The lowest BCUT2D eigenvalue weighted by atomic mass is 9.84. The summed E-state index contributed by atoms with van der Waals surface area (Å²) in [5.74, 6) is -6.40. The van der Waals surface area contributed by atoms with Gasteiger partial charge in [0.2, 0.25) is 23.6 Å². The molecular formula is C40H64N6O11. The Bertz CT molecular complexity index is 1550. The molecule has 6 amide bonds. The highest BCUT2D eigenvalue weighted by Crippen LogP contribution is 2.36. The van der Waals surface area contributed by atoms with Crippen LogP contribution < -0.4 is 27.0 Å². The van der Waals surface area contributed by atoms with E-state index in [4.69, 9.17) is 15.2 Å². The van der Waals surface area contributed by atoms with Crippen LogP contribution in [0.1, 0.15) is 87.1 Å². The number of esters is 1. The van der Waals surface area contributed by atoms with Crippen LogP contribution in [0.15, 0.2) is 30.3 Å². The number of aliphatic hydroxyl groups is 2. The van der Waals surface area contributed by atoms with E-state index in [2.05, 4.69) is 21.3 Å². The molecule has 0 aliphatic heterocycles. The fourth-order valence-corrected chi connectivity index (χ4v) is 6.65. The Morgan fingerprint density at radius 3 is 1.96 bits per heavy atom. The first kappa shape index (κ1) is 48.5. The normalized spacial score (nSPS) is 19.2. The minimum atomic E-state index is -1.52. The molecule has 1 aliphatic carbocycles. The van der Waals surface area contributed by atoms with Gasteiger partial charge >= 0.3 is 12.1 Å². The largest absolute Gasteiger partial charge is 0.467 e. The molecule has 17 nitrogen and oxygen atoms in total. The highest BCUT2D eigenvalue weighted by atomic mass is 16.6. The van der Waals surface area contributed by atoms with Crippen molar-refractivity contribution in [1.29, 1.82) is 0 Å². The van der Waals surface area contributed by atoms with Crippen LogP contribution in [-0.2, 0) is 44.7 Å². The fraction of sp³-hybridized carbons (Fsp3) is 0.675. The molecule has 0 spiro atoms. The lowest BCUT2D eigenvalue weighted by Crippen LogP contribution is -2.60. The monoisotopic (exact) mass is 804 g/mol. The van der Waals surface area contributed by atoms with E-state index in [1.54, 1.807) is 78.8 Å². The van der Waals surface area contributed by atoms with E-state index in [-0.39, 0.29) is 18.3 Å². The lowest BCUT2D eigenvalue weighted by molar-refractivity contribution is -0.147. The minimum Gasteiger partial charge on any atom is -0.467 e. The van der Waals surface area contributed by atoms with Crippen LogP contribution in [0.5, 0.6) is 0 Å². The summed E-state index contributed by atoms with van der Waals surface area (Å²) < 4.78 is 10.3. The van der Waals surface area contributed by atoms with E-state index < -0.39 is 108 Å². The molecular weight excluding hydrogens is 740 g/mol. The first-order chi connectivity index (χ1) is 26.5. The highest BCUT2D eigenvalue weighted by molar-refractivity contribution is 6.01. The molecule has 1 aromatic rings. The summed E-state index contributed by atoms with van der Waals surface area (Å²) >= 11 is 0. The van der Waals surface area contributed by atoms with Gasteiger partial charge in [-0.3, -0.25) is 24.0 Å². The quantitative estimate of drug-likeness (QED) is 0.102. The van der Waals surface area contributed by atoms with E-state index in [9.17, 15) is 43.8 Å². The maximum absolute atomic E-state index is 14.1. The topological polar surface area (TPSA) is 256 Å². The van der Waals surface area contributed by atoms with Crippen molar-refractivity contribution in [3.8, 4) is 0 Å². The average Bonchev–Trinajstić information content (AvgIpc) is 3.64. The van der Waals surface area contributed by atoms with E-state index >= 15 is 0 Å². The van der Waals surface area contributed by atoms with Crippen molar-refractivity contribution in [2.75, 3.05) is 13.7 Å². The highest BCUT2D eigenvalue weighted by Gasteiger charge is 2.44. The number of nitrogens with zero attached hydrogens (tertiary/aromatic N) is 1. The van der Waals surface area contributed by atoms with Crippen molar-refractivity contribution >= 4 is 41.6 Å². The van der Waals surface area contributed by atoms with Gasteiger partial charge in [0.25, 0.3) is 5.91 Å². The van der Waals surface area contributed by atoms with Gasteiger partial charge in [-0.05, 0) is 77.2 Å². The molecule has 17 heteroatoms. The molecule has 2 rings (SSSR count). The van der Waals surface area contributed by atoms with Gasteiger partial charge in [0.15, 0.2) is 0 Å². The molecule has 3 unspecified atom stereocenters. The predicted octanol–water partition coefficient (Wildman–Crippen LogP) is 0.922. The Hall–Kier alpha value is -4.61. The standard InChI is InChI=1S/C40H64N6O11/c1-21(2)30(36(52)45-31(22(3)4)38(54)56-10)44-34(50)27-18-14-17-26(27)32(48)29(19-25-15-12-11-13-16-25)43-33(49)24(6)46(39(55)57-40(7,8)9)37(53)23(5)42-35(51)28(41)20-47/h11-13,15-16,21-24,26-32,47-48H,14,17-20,41H2,1-10H3,(H,42,51)(H,43,49)(H,44,50)(H,45,52)/t23-,24-,26?,27+,28-,29?,30-,31-,32?/m0/s1. The summed E-state index contributed by atoms with van der Waals surface area (Å²) in [4.78, 5) is 93.9. The van der Waals surface area contributed by atoms with E-state index in [1.807, 2.05) is 0 Å². The Morgan fingerprint density at radius 2 is 1.44 bits per heavy atom. The van der Waals surface area contributed by atoms with Gasteiger partial charge < -0.3 is 46.7 Å². The van der Waals surface area contributed by atoms with Gasteiger partial charge in [-0.1, -0.05) is 64.4 Å². The molecule has 0 bridgehead atoms. The maximum atomic E-state index is 14.1. The van der Waals surface area contributed by atoms with E-state index in [0.717, 1.165) is 5.56 Å². The molecule has 57 heavy (non-hydrogen) atoms. The predicted molar refractivity (Wildman–Crippen MR) is 210 cm³/mol. The number of carbonyl (C=O) groups excluding carboxylic acids is 7. The van der Waals surface area contributed by atoms with Crippen LogP contribution >= 0.6 is 0 Å². The van der Waals surface area contributed by atoms with Gasteiger partial charge in [-0.25, -0.2) is 14.5 Å². The SMILES string of the molecule is COC(=O)[C@@H](NC(=O)[C@@H](NC(=O)[C@@H]1CCCC1C(O)C(Cc1ccccc1)NC(=O)[C@H](C)N(C(=O)OC(C)(C)C)C(=O)[C@H](C)NC(=O)[C@@H](N)CO)C(C)C)C(C)C. The number of carbonyl (C=O) groups is 7. The number of ether oxygens (including phenoxy) is 2. The Morgan fingerprint density at radius 1 is 0.842 bits per heavy atom. The summed E-state index contributed by atoms with van der Waals surface area (Å²) in [5.41, 5.74) is 5.25. The summed E-state index contributed by atoms with van der Waals surface area (Å²) in [5, 5.41) is 32.0. The van der Waals surface area contributed by atoms with E-state index in [0.29, 0.717) is 24.2 Å². The van der Waals surface area contributed by atoms with Crippen LogP contribution in [-0.4, -0.2) is 118 Å². The molecule has 0 saturated heterocycles. The van der Waals surface area contributed by atoms with Crippen molar-refractivity contribution < 1.29 is 53.2 Å². The second-order valence-corrected chi connectivity index (χ2v) is 16.4. The molecule has 1 aliphatic rings. The summed E-state index contributed by atoms with van der Waals surface area (Å²) in [6, 6.07) is 1.81. The zero-order valence-corrected chi connectivity index (χ0v) is 34.9.